The lowest BCUT2D eigenvalue weighted by molar-refractivity contribution is -0.134. The van der Waals surface area contributed by atoms with Crippen molar-refractivity contribution < 1.29 is 22.8 Å². The van der Waals surface area contributed by atoms with Gasteiger partial charge in [-0.15, -0.1) is 0 Å². The van der Waals surface area contributed by atoms with Crippen molar-refractivity contribution in [1.82, 2.24) is 10.1 Å². The summed E-state index contributed by atoms with van der Waals surface area (Å²) in [5, 5.41) is 12.8. The molecule has 2 aromatic rings. The summed E-state index contributed by atoms with van der Waals surface area (Å²) in [5.41, 5.74) is 0.425. The van der Waals surface area contributed by atoms with Crippen LogP contribution in [-0.4, -0.2) is 21.4 Å². The highest BCUT2D eigenvalue weighted by atomic mass is 35.5. The minimum absolute atomic E-state index is 0.0310. The van der Waals surface area contributed by atoms with Crippen LogP contribution >= 0.6 is 11.6 Å². The largest absolute Gasteiger partial charge is 0.506 e. The Labute approximate surface area is 110 Å². The van der Waals surface area contributed by atoms with E-state index in [0.29, 0.717) is 5.56 Å². The number of benzene rings is 1. The molecule has 0 spiro atoms. The Kier molecular flexibility index (Phi) is 3.66. The highest BCUT2D eigenvalue weighted by molar-refractivity contribution is 6.32. The van der Waals surface area contributed by atoms with Gasteiger partial charge in [0.25, 0.3) is 5.89 Å². The van der Waals surface area contributed by atoms with E-state index in [1.807, 2.05) is 0 Å². The third-order valence-electron chi connectivity index (χ3n) is 2.29. The van der Waals surface area contributed by atoms with Crippen molar-refractivity contribution in [3.63, 3.8) is 0 Å². The fraction of sp³-hybridized carbons (Fsp3) is 0.273. The quantitative estimate of drug-likeness (QED) is 0.939. The molecule has 0 aliphatic rings. The molecule has 0 aliphatic carbocycles. The van der Waals surface area contributed by atoms with Gasteiger partial charge >= 0.3 is 6.18 Å². The van der Waals surface area contributed by atoms with Crippen LogP contribution in [0.5, 0.6) is 5.75 Å². The van der Waals surface area contributed by atoms with Gasteiger partial charge in [0.2, 0.25) is 0 Å². The number of aromatic hydroxyl groups is 1. The average molecular weight is 293 g/mol. The number of aromatic nitrogens is 2. The van der Waals surface area contributed by atoms with Crippen LogP contribution in [0.3, 0.4) is 0 Å². The van der Waals surface area contributed by atoms with Crippen LogP contribution < -0.4 is 0 Å². The van der Waals surface area contributed by atoms with E-state index in [1.54, 1.807) is 0 Å². The molecule has 0 bridgehead atoms. The summed E-state index contributed by atoms with van der Waals surface area (Å²) < 4.78 is 41.0. The zero-order valence-corrected chi connectivity index (χ0v) is 10.2. The summed E-state index contributed by atoms with van der Waals surface area (Å²) in [6, 6.07) is 4.19. The summed E-state index contributed by atoms with van der Waals surface area (Å²) in [4.78, 5) is 3.84. The molecule has 0 radical (unpaired) electrons. The second kappa shape index (κ2) is 5.08. The SMILES string of the molecule is Oc1ccc(-c2nc(CCC(F)(F)F)no2)cc1Cl. The molecular formula is C11H8ClF3N2O2. The lowest BCUT2D eigenvalue weighted by Gasteiger charge is -2.01. The third kappa shape index (κ3) is 3.60. The third-order valence-corrected chi connectivity index (χ3v) is 2.60. The summed E-state index contributed by atoms with van der Waals surface area (Å²) in [6.45, 7) is 0. The molecule has 0 saturated heterocycles. The van der Waals surface area contributed by atoms with Gasteiger partial charge in [-0.3, -0.25) is 0 Å². The zero-order valence-electron chi connectivity index (χ0n) is 9.41. The number of aryl methyl sites for hydroxylation is 1. The topological polar surface area (TPSA) is 59.2 Å². The lowest BCUT2D eigenvalue weighted by atomic mass is 10.2. The van der Waals surface area contributed by atoms with Crippen molar-refractivity contribution in [3.05, 3.63) is 29.0 Å². The predicted octanol–water partition coefficient (Wildman–Crippen LogP) is 3.59. The van der Waals surface area contributed by atoms with Crippen LogP contribution in [0.25, 0.3) is 11.5 Å². The Hall–Kier alpha value is -1.76. The molecule has 0 saturated carbocycles. The van der Waals surface area contributed by atoms with Crippen molar-refractivity contribution in [2.75, 3.05) is 0 Å². The minimum Gasteiger partial charge on any atom is -0.506 e. The molecular weight excluding hydrogens is 285 g/mol. The van der Waals surface area contributed by atoms with Crippen molar-refractivity contribution in [1.29, 1.82) is 0 Å². The smallest absolute Gasteiger partial charge is 0.389 e. The van der Waals surface area contributed by atoms with Gasteiger partial charge in [-0.2, -0.15) is 18.2 Å². The number of phenols is 1. The van der Waals surface area contributed by atoms with Crippen molar-refractivity contribution >= 4 is 11.6 Å². The van der Waals surface area contributed by atoms with Crippen LogP contribution in [0.4, 0.5) is 13.2 Å². The van der Waals surface area contributed by atoms with E-state index < -0.39 is 12.6 Å². The molecule has 102 valence electrons. The summed E-state index contributed by atoms with van der Waals surface area (Å²) in [5.74, 6) is -0.0853. The van der Waals surface area contributed by atoms with Gasteiger partial charge in [-0.05, 0) is 18.2 Å². The minimum atomic E-state index is -4.26. The number of alkyl halides is 3. The average Bonchev–Trinajstić information content (AvgIpc) is 2.78. The van der Waals surface area contributed by atoms with E-state index in [1.165, 1.54) is 18.2 Å². The maximum Gasteiger partial charge on any atom is 0.389 e. The maximum atomic E-state index is 12.0. The Bertz CT molecular complexity index is 584. The van der Waals surface area contributed by atoms with E-state index in [2.05, 4.69) is 10.1 Å². The van der Waals surface area contributed by atoms with E-state index in [-0.39, 0.29) is 28.9 Å². The van der Waals surface area contributed by atoms with E-state index in [9.17, 15) is 18.3 Å². The molecule has 1 aromatic carbocycles. The van der Waals surface area contributed by atoms with E-state index >= 15 is 0 Å². The van der Waals surface area contributed by atoms with Gasteiger partial charge in [-0.25, -0.2) is 0 Å². The maximum absolute atomic E-state index is 12.0. The molecule has 19 heavy (non-hydrogen) atoms. The van der Waals surface area contributed by atoms with Crippen LogP contribution in [0.1, 0.15) is 12.2 Å². The Balaban J connectivity index is 2.14. The first-order chi connectivity index (χ1) is 8.85. The Morgan fingerprint density at radius 1 is 1.32 bits per heavy atom. The highest BCUT2D eigenvalue weighted by Gasteiger charge is 2.27. The summed E-state index contributed by atoms with van der Waals surface area (Å²) >= 11 is 5.70. The van der Waals surface area contributed by atoms with Gasteiger partial charge in [0.15, 0.2) is 5.82 Å². The normalized spacial score (nSPS) is 11.8. The van der Waals surface area contributed by atoms with Crippen LogP contribution in [0, 0.1) is 0 Å². The first-order valence-electron chi connectivity index (χ1n) is 5.23. The fourth-order valence-corrected chi connectivity index (χ4v) is 1.55. The van der Waals surface area contributed by atoms with Crippen molar-refractivity contribution in [2.24, 2.45) is 0 Å². The molecule has 4 nitrogen and oxygen atoms in total. The lowest BCUT2D eigenvalue weighted by Crippen LogP contribution is -2.09. The highest BCUT2D eigenvalue weighted by Crippen LogP contribution is 2.29. The molecule has 0 amide bonds. The molecule has 1 N–H and O–H groups in total. The standard InChI is InChI=1S/C11H8ClF3N2O2/c12-7-5-6(1-2-8(7)18)10-16-9(17-19-10)3-4-11(13,14)15/h1-2,5,18H,3-4H2. The van der Waals surface area contributed by atoms with Crippen LogP contribution in [0.15, 0.2) is 22.7 Å². The number of nitrogens with zero attached hydrogens (tertiary/aromatic N) is 2. The second-order valence-electron chi connectivity index (χ2n) is 3.80. The molecule has 2 rings (SSSR count). The second-order valence-corrected chi connectivity index (χ2v) is 4.20. The molecule has 0 fully saturated rings. The van der Waals surface area contributed by atoms with Crippen LogP contribution in [-0.2, 0) is 6.42 Å². The zero-order chi connectivity index (χ0) is 14.0. The van der Waals surface area contributed by atoms with E-state index in [0.717, 1.165) is 0 Å². The fourth-order valence-electron chi connectivity index (χ4n) is 1.37. The summed E-state index contributed by atoms with van der Waals surface area (Å²) in [6.07, 6.45) is -5.62. The molecule has 0 aliphatic heterocycles. The van der Waals surface area contributed by atoms with Crippen LogP contribution in [0.2, 0.25) is 5.02 Å². The summed E-state index contributed by atoms with van der Waals surface area (Å²) in [7, 11) is 0. The number of rotatable bonds is 3. The molecule has 0 unspecified atom stereocenters. The van der Waals surface area contributed by atoms with Gasteiger partial charge in [0, 0.05) is 12.0 Å². The predicted molar refractivity (Wildman–Crippen MR) is 60.8 cm³/mol. The molecule has 1 heterocycles. The van der Waals surface area contributed by atoms with Crippen molar-refractivity contribution in [2.45, 2.75) is 19.0 Å². The Morgan fingerprint density at radius 3 is 2.68 bits per heavy atom. The number of halogens is 4. The monoisotopic (exact) mass is 292 g/mol. The first-order valence-corrected chi connectivity index (χ1v) is 5.61. The first kappa shape index (κ1) is 13.7. The molecule has 0 atom stereocenters. The van der Waals surface area contributed by atoms with Gasteiger partial charge in [0.05, 0.1) is 11.4 Å². The van der Waals surface area contributed by atoms with Gasteiger partial charge in [0.1, 0.15) is 5.75 Å². The Morgan fingerprint density at radius 2 is 2.05 bits per heavy atom. The number of hydrogen-bond donors (Lipinski definition) is 1. The molecule has 8 heteroatoms. The molecule has 1 aromatic heterocycles. The number of phenolic OH excluding ortho intramolecular Hbond substituents is 1. The number of hydrogen-bond acceptors (Lipinski definition) is 4. The van der Waals surface area contributed by atoms with Crippen molar-refractivity contribution in [3.8, 4) is 17.2 Å². The van der Waals surface area contributed by atoms with Gasteiger partial charge in [-0.1, -0.05) is 16.8 Å². The van der Waals surface area contributed by atoms with Gasteiger partial charge < -0.3 is 9.63 Å². The van der Waals surface area contributed by atoms with E-state index in [4.69, 9.17) is 16.1 Å².